The van der Waals surface area contributed by atoms with Crippen LogP contribution in [-0.2, 0) is 14.4 Å². The van der Waals surface area contributed by atoms with Gasteiger partial charge in [-0.3, -0.25) is 14.4 Å². The van der Waals surface area contributed by atoms with Crippen molar-refractivity contribution in [1.29, 1.82) is 0 Å². The summed E-state index contributed by atoms with van der Waals surface area (Å²) >= 11 is 0. The molecule has 0 aromatic heterocycles. The number of nitrogens with one attached hydrogen (secondary N) is 1. The van der Waals surface area contributed by atoms with Gasteiger partial charge in [-0.1, -0.05) is 0 Å². The van der Waals surface area contributed by atoms with Crippen LogP contribution in [0.25, 0.3) is 0 Å². The normalized spacial score (nSPS) is 17.2. The molecule has 0 radical (unpaired) electrons. The average molecular weight is 463 g/mol. The van der Waals surface area contributed by atoms with Gasteiger partial charge in [0.05, 0.1) is 18.2 Å². The average Bonchev–Trinajstić information content (AvgIpc) is 3.20. The lowest BCUT2D eigenvalue weighted by Gasteiger charge is -2.23. The van der Waals surface area contributed by atoms with E-state index in [1.54, 1.807) is 18.2 Å². The van der Waals surface area contributed by atoms with Crippen LogP contribution in [0.15, 0.2) is 30.3 Å². The molecule has 11 heteroatoms. The second kappa shape index (κ2) is 9.00. The number of hydrogen-bond acceptors (Lipinski definition) is 5. The van der Waals surface area contributed by atoms with Gasteiger partial charge in [-0.05, 0) is 24.3 Å². The van der Waals surface area contributed by atoms with E-state index in [0.29, 0.717) is 36.5 Å². The highest BCUT2D eigenvalue weighted by Crippen LogP contribution is 2.36. The number of likely N-dealkylation sites (N-methyl/N-ethyl adjacent to an activating group) is 1. The van der Waals surface area contributed by atoms with Crippen molar-refractivity contribution in [1.82, 2.24) is 4.90 Å². The van der Waals surface area contributed by atoms with Crippen LogP contribution in [0.5, 0.6) is 11.5 Å². The molecule has 2 aromatic carbocycles. The molecule has 1 atom stereocenters. The van der Waals surface area contributed by atoms with E-state index in [1.165, 1.54) is 11.9 Å². The Labute approximate surface area is 186 Å². The molecule has 33 heavy (non-hydrogen) atoms. The summed E-state index contributed by atoms with van der Waals surface area (Å²) in [5.41, 5.74) is 0.0225. The number of nitrogens with zero attached hydrogens (tertiary/aromatic N) is 2. The standard InChI is InChI=1S/C22H20F3N3O5/c1-27(11-18(29)26-15-4-3-14(23)20(24)21(15)25)22(31)12-8-19(30)28(10-12)13-2-5-16-17(9-13)33-7-6-32-16/h2-5,9,12H,6-8,10-11H2,1H3,(H,26,29)/t12-/m0/s1. The molecule has 0 aliphatic carbocycles. The molecule has 0 spiro atoms. The largest absolute Gasteiger partial charge is 0.486 e. The fourth-order valence-electron chi connectivity index (χ4n) is 3.74. The van der Waals surface area contributed by atoms with Crippen LogP contribution < -0.4 is 19.7 Å². The van der Waals surface area contributed by atoms with Gasteiger partial charge in [0, 0.05) is 31.8 Å². The maximum atomic E-state index is 13.7. The van der Waals surface area contributed by atoms with Crippen molar-refractivity contribution in [3.8, 4) is 11.5 Å². The lowest BCUT2D eigenvalue weighted by molar-refractivity contribution is -0.137. The number of ether oxygens (including phenoxy) is 2. The summed E-state index contributed by atoms with van der Waals surface area (Å²) in [4.78, 5) is 40.1. The highest BCUT2D eigenvalue weighted by Gasteiger charge is 2.37. The van der Waals surface area contributed by atoms with Gasteiger partial charge in [0.25, 0.3) is 0 Å². The van der Waals surface area contributed by atoms with Crippen molar-refractivity contribution in [2.24, 2.45) is 5.92 Å². The summed E-state index contributed by atoms with van der Waals surface area (Å²) < 4.78 is 51.1. The minimum absolute atomic E-state index is 0.0446. The van der Waals surface area contributed by atoms with E-state index in [1.807, 2.05) is 0 Å². The molecule has 2 aromatic rings. The maximum absolute atomic E-state index is 13.7. The molecule has 1 N–H and O–H groups in total. The van der Waals surface area contributed by atoms with Crippen LogP contribution in [0.1, 0.15) is 6.42 Å². The highest BCUT2D eigenvalue weighted by molar-refractivity contribution is 6.01. The van der Waals surface area contributed by atoms with E-state index in [0.717, 1.165) is 11.0 Å². The smallest absolute Gasteiger partial charge is 0.244 e. The van der Waals surface area contributed by atoms with Crippen LogP contribution in [-0.4, -0.2) is 56.0 Å². The topological polar surface area (TPSA) is 88.2 Å². The zero-order valence-corrected chi connectivity index (χ0v) is 17.6. The van der Waals surface area contributed by atoms with Crippen LogP contribution in [0.3, 0.4) is 0 Å². The molecule has 2 aliphatic heterocycles. The minimum Gasteiger partial charge on any atom is -0.486 e. The van der Waals surface area contributed by atoms with Gasteiger partial charge in [0.15, 0.2) is 29.0 Å². The summed E-state index contributed by atoms with van der Waals surface area (Å²) in [5.74, 6) is -5.74. The highest BCUT2D eigenvalue weighted by atomic mass is 19.2. The van der Waals surface area contributed by atoms with Crippen LogP contribution in [0, 0.1) is 23.4 Å². The number of benzene rings is 2. The summed E-state index contributed by atoms with van der Waals surface area (Å²) in [6, 6.07) is 6.63. The lowest BCUT2D eigenvalue weighted by Crippen LogP contribution is -2.39. The molecule has 1 fully saturated rings. The molecule has 174 valence electrons. The van der Waals surface area contributed by atoms with E-state index in [9.17, 15) is 27.6 Å². The van der Waals surface area contributed by atoms with Gasteiger partial charge >= 0.3 is 0 Å². The molecular weight excluding hydrogens is 443 g/mol. The van der Waals surface area contributed by atoms with Gasteiger partial charge in [-0.2, -0.15) is 0 Å². The first-order valence-corrected chi connectivity index (χ1v) is 10.1. The lowest BCUT2D eigenvalue weighted by atomic mass is 10.1. The minimum atomic E-state index is -1.71. The molecule has 0 unspecified atom stereocenters. The summed E-state index contributed by atoms with van der Waals surface area (Å²) in [6.07, 6.45) is -0.0446. The quantitative estimate of drug-likeness (QED) is 0.688. The predicted molar refractivity (Wildman–Crippen MR) is 110 cm³/mol. The first-order chi connectivity index (χ1) is 15.7. The van der Waals surface area contributed by atoms with Crippen molar-refractivity contribution in [3.05, 3.63) is 47.8 Å². The van der Waals surface area contributed by atoms with Crippen molar-refractivity contribution in [2.45, 2.75) is 6.42 Å². The number of fused-ring (bicyclic) bond motifs is 1. The zero-order valence-electron chi connectivity index (χ0n) is 17.6. The van der Waals surface area contributed by atoms with Crippen molar-refractivity contribution >= 4 is 29.1 Å². The number of carbonyl (C=O) groups excluding carboxylic acids is 3. The van der Waals surface area contributed by atoms with E-state index < -0.39 is 47.4 Å². The second-order valence-electron chi connectivity index (χ2n) is 7.70. The Morgan fingerprint density at radius 1 is 1.09 bits per heavy atom. The van der Waals surface area contributed by atoms with Crippen LogP contribution >= 0.6 is 0 Å². The van der Waals surface area contributed by atoms with E-state index >= 15 is 0 Å². The van der Waals surface area contributed by atoms with Gasteiger partial charge in [0.2, 0.25) is 17.7 Å². The third-order valence-electron chi connectivity index (χ3n) is 5.38. The van der Waals surface area contributed by atoms with Gasteiger partial charge in [-0.15, -0.1) is 0 Å². The van der Waals surface area contributed by atoms with Gasteiger partial charge < -0.3 is 24.6 Å². The summed E-state index contributed by atoms with van der Waals surface area (Å²) in [5, 5.41) is 2.11. The molecule has 8 nitrogen and oxygen atoms in total. The molecule has 3 amide bonds. The predicted octanol–water partition coefficient (Wildman–Crippen LogP) is 2.33. The first-order valence-electron chi connectivity index (χ1n) is 10.1. The van der Waals surface area contributed by atoms with E-state index in [4.69, 9.17) is 9.47 Å². The molecule has 0 bridgehead atoms. The van der Waals surface area contributed by atoms with Crippen molar-refractivity contribution < 1.29 is 37.0 Å². The fourth-order valence-corrected chi connectivity index (χ4v) is 3.74. The Balaban J connectivity index is 1.37. The first kappa shape index (κ1) is 22.4. The Morgan fingerprint density at radius 3 is 2.58 bits per heavy atom. The third kappa shape index (κ3) is 4.57. The monoisotopic (exact) mass is 463 g/mol. The van der Waals surface area contributed by atoms with Gasteiger partial charge in [-0.25, -0.2) is 13.2 Å². The fraction of sp³-hybridized carbons (Fsp3) is 0.318. The Bertz CT molecular complexity index is 1130. The second-order valence-corrected chi connectivity index (χ2v) is 7.70. The Hall–Kier alpha value is -3.76. The van der Waals surface area contributed by atoms with E-state index in [-0.39, 0.29) is 18.9 Å². The summed E-state index contributed by atoms with van der Waals surface area (Å²) in [7, 11) is 1.36. The van der Waals surface area contributed by atoms with Crippen LogP contribution in [0.2, 0.25) is 0 Å². The van der Waals surface area contributed by atoms with Gasteiger partial charge in [0.1, 0.15) is 13.2 Å². The molecule has 4 rings (SSSR count). The van der Waals surface area contributed by atoms with E-state index in [2.05, 4.69) is 5.32 Å². The molecule has 1 saturated heterocycles. The molecule has 0 saturated carbocycles. The number of anilines is 2. The summed E-state index contributed by atoms with van der Waals surface area (Å²) in [6.45, 7) is 0.480. The number of hydrogen-bond donors (Lipinski definition) is 1. The number of halogens is 3. The van der Waals surface area contributed by atoms with Crippen LogP contribution in [0.4, 0.5) is 24.5 Å². The maximum Gasteiger partial charge on any atom is 0.244 e. The van der Waals surface area contributed by atoms with Crippen molar-refractivity contribution in [3.63, 3.8) is 0 Å². The molecular formula is C22H20F3N3O5. The number of amides is 3. The van der Waals surface area contributed by atoms with Crippen molar-refractivity contribution in [2.75, 3.05) is 43.6 Å². The number of carbonyl (C=O) groups is 3. The molecule has 2 aliphatic rings. The Morgan fingerprint density at radius 2 is 1.82 bits per heavy atom. The SMILES string of the molecule is CN(CC(=O)Nc1ccc(F)c(F)c1F)C(=O)[C@H]1CC(=O)N(c2ccc3c(c2)OCCO3)C1. The number of rotatable bonds is 5. The molecule has 2 heterocycles. The zero-order chi connectivity index (χ0) is 23.7. The Kier molecular flexibility index (Phi) is 6.12. The third-order valence-corrected chi connectivity index (χ3v) is 5.38.